The number of para-hydroxylation sites is 1. The number of hydrogen-bond donors (Lipinski definition) is 1. The number of carboxylic acids is 1. The van der Waals surface area contributed by atoms with Crippen LogP contribution >= 0.6 is 11.6 Å². The van der Waals surface area contributed by atoms with E-state index in [4.69, 9.17) is 21.4 Å². The van der Waals surface area contributed by atoms with E-state index in [1.165, 1.54) is 18.2 Å². The van der Waals surface area contributed by atoms with Gasteiger partial charge in [0.2, 0.25) is 0 Å². The number of pyridine rings is 1. The molecule has 1 N–H and O–H groups in total. The third kappa shape index (κ3) is 6.06. The lowest BCUT2D eigenvalue weighted by Crippen LogP contribution is -2.32. The van der Waals surface area contributed by atoms with Crippen LogP contribution in [0.5, 0.6) is 5.75 Å². The highest BCUT2D eigenvalue weighted by Crippen LogP contribution is 2.45. The summed E-state index contributed by atoms with van der Waals surface area (Å²) in [6, 6.07) is 9.06. The standard InChI is InChI=1S/C26H19ClF5N3O5S/c27-19-12-21(40-9-6-24(36)37)22(11-16(19)17-14-34-23(26(30,31)32)10-15(17)13-33)41(38,39)35-8-3-7-25(28,29)18-4-1-2-5-20(18)35/h1-2,4-5,10-12,14H,3,6-9H2,(H,36,37). The molecule has 1 aliphatic rings. The van der Waals surface area contributed by atoms with Crippen LogP contribution in [0.25, 0.3) is 11.1 Å². The summed E-state index contributed by atoms with van der Waals surface area (Å²) in [4.78, 5) is 13.7. The summed E-state index contributed by atoms with van der Waals surface area (Å²) in [6.45, 7) is -0.847. The fourth-order valence-corrected chi connectivity index (χ4v) is 6.21. The number of hydrogen-bond acceptors (Lipinski definition) is 6. The van der Waals surface area contributed by atoms with Crippen molar-refractivity contribution in [3.63, 3.8) is 0 Å². The number of nitrogens with zero attached hydrogens (tertiary/aromatic N) is 3. The van der Waals surface area contributed by atoms with Crippen molar-refractivity contribution in [3.05, 3.63) is 70.5 Å². The highest BCUT2D eigenvalue weighted by Gasteiger charge is 2.41. The Morgan fingerprint density at radius 1 is 1.20 bits per heavy atom. The zero-order valence-corrected chi connectivity index (χ0v) is 22.3. The summed E-state index contributed by atoms with van der Waals surface area (Å²) in [5, 5.41) is 18.3. The molecule has 1 aliphatic heterocycles. The molecule has 0 amide bonds. The van der Waals surface area contributed by atoms with E-state index in [1.54, 1.807) is 6.07 Å². The number of benzene rings is 2. The summed E-state index contributed by atoms with van der Waals surface area (Å²) in [5.41, 5.74) is -3.14. The van der Waals surface area contributed by atoms with E-state index >= 15 is 0 Å². The zero-order valence-electron chi connectivity index (χ0n) is 20.8. The number of fused-ring (bicyclic) bond motifs is 1. The molecule has 0 atom stereocenters. The summed E-state index contributed by atoms with van der Waals surface area (Å²) in [5.74, 6) is -5.01. The molecule has 1 aromatic heterocycles. The van der Waals surface area contributed by atoms with Crippen molar-refractivity contribution in [1.82, 2.24) is 4.98 Å². The largest absolute Gasteiger partial charge is 0.491 e. The second-order valence-electron chi connectivity index (χ2n) is 8.90. The van der Waals surface area contributed by atoms with Crippen LogP contribution < -0.4 is 9.04 Å². The topological polar surface area (TPSA) is 121 Å². The van der Waals surface area contributed by atoms with E-state index < -0.39 is 75.0 Å². The number of aromatic nitrogens is 1. The van der Waals surface area contributed by atoms with Crippen LogP contribution in [-0.4, -0.2) is 37.6 Å². The first-order valence-electron chi connectivity index (χ1n) is 11.8. The molecular weight excluding hydrogens is 597 g/mol. The van der Waals surface area contributed by atoms with Crippen LogP contribution in [-0.2, 0) is 26.9 Å². The molecule has 0 bridgehead atoms. The minimum atomic E-state index is -4.87. The van der Waals surface area contributed by atoms with Crippen molar-refractivity contribution in [2.24, 2.45) is 0 Å². The Bertz CT molecular complexity index is 1660. The predicted octanol–water partition coefficient (Wildman–Crippen LogP) is 6.23. The SMILES string of the molecule is N#Cc1cc(C(F)(F)F)ncc1-c1cc(S(=O)(=O)N2CCCC(F)(F)c3ccccc32)c(OCCC(=O)O)cc1Cl. The van der Waals surface area contributed by atoms with Gasteiger partial charge in [0.05, 0.1) is 35.4 Å². The van der Waals surface area contributed by atoms with Gasteiger partial charge in [-0.2, -0.15) is 18.4 Å². The Hall–Kier alpha value is -3.96. The molecule has 0 saturated carbocycles. The summed E-state index contributed by atoms with van der Waals surface area (Å²) in [6.07, 6.45) is -5.54. The molecule has 216 valence electrons. The fraction of sp³-hybridized carbons (Fsp3) is 0.269. The molecule has 3 aromatic rings. The van der Waals surface area contributed by atoms with Crippen LogP contribution in [0.1, 0.15) is 36.1 Å². The quantitative estimate of drug-likeness (QED) is 0.313. The average molecular weight is 616 g/mol. The van der Waals surface area contributed by atoms with Gasteiger partial charge in [-0.3, -0.25) is 14.1 Å². The predicted molar refractivity (Wildman–Crippen MR) is 136 cm³/mol. The molecule has 0 unspecified atom stereocenters. The number of alkyl halides is 5. The number of ether oxygens (including phenoxy) is 1. The molecule has 8 nitrogen and oxygen atoms in total. The zero-order chi connectivity index (χ0) is 30.2. The van der Waals surface area contributed by atoms with Gasteiger partial charge in [0, 0.05) is 41.9 Å². The van der Waals surface area contributed by atoms with E-state index in [1.807, 2.05) is 0 Å². The number of halogens is 6. The van der Waals surface area contributed by atoms with Gasteiger partial charge in [0.25, 0.3) is 15.9 Å². The normalized spacial score (nSPS) is 15.0. The highest BCUT2D eigenvalue weighted by molar-refractivity contribution is 7.93. The van der Waals surface area contributed by atoms with Gasteiger partial charge in [-0.15, -0.1) is 0 Å². The van der Waals surface area contributed by atoms with Gasteiger partial charge < -0.3 is 9.84 Å². The van der Waals surface area contributed by atoms with Gasteiger partial charge in [-0.05, 0) is 24.6 Å². The second kappa shape index (κ2) is 11.1. The van der Waals surface area contributed by atoms with Crippen molar-refractivity contribution in [2.45, 2.75) is 36.3 Å². The monoisotopic (exact) mass is 615 g/mol. The lowest BCUT2D eigenvalue weighted by atomic mass is 10.0. The van der Waals surface area contributed by atoms with Crippen LogP contribution in [0.4, 0.5) is 27.6 Å². The maximum absolute atomic E-state index is 14.8. The van der Waals surface area contributed by atoms with Gasteiger partial charge in [-0.1, -0.05) is 29.8 Å². The third-order valence-corrected chi connectivity index (χ3v) is 8.35. The molecule has 0 saturated heterocycles. The molecule has 0 spiro atoms. The number of carboxylic acid groups (broad SMARTS) is 1. The van der Waals surface area contributed by atoms with Gasteiger partial charge >= 0.3 is 12.1 Å². The number of sulfonamides is 1. The van der Waals surface area contributed by atoms with Crippen molar-refractivity contribution in [3.8, 4) is 22.9 Å². The van der Waals surface area contributed by atoms with Crippen molar-refractivity contribution in [2.75, 3.05) is 17.5 Å². The first-order chi connectivity index (χ1) is 19.2. The summed E-state index contributed by atoms with van der Waals surface area (Å²) >= 11 is 6.35. The molecule has 0 aliphatic carbocycles. The maximum atomic E-state index is 14.8. The van der Waals surface area contributed by atoms with Crippen LogP contribution in [0.3, 0.4) is 0 Å². The highest BCUT2D eigenvalue weighted by atomic mass is 35.5. The Labute approximate surface area is 235 Å². The van der Waals surface area contributed by atoms with Crippen LogP contribution in [0.2, 0.25) is 5.02 Å². The molecule has 2 heterocycles. The third-order valence-electron chi connectivity index (χ3n) is 6.20. The Morgan fingerprint density at radius 2 is 1.90 bits per heavy atom. The van der Waals surface area contributed by atoms with Crippen molar-refractivity contribution in [1.29, 1.82) is 5.26 Å². The molecule has 0 radical (unpaired) electrons. The van der Waals surface area contributed by atoms with E-state index in [0.29, 0.717) is 12.3 Å². The molecule has 0 fully saturated rings. The van der Waals surface area contributed by atoms with Crippen molar-refractivity contribution < 1.29 is 45.0 Å². The number of carbonyl (C=O) groups is 1. The van der Waals surface area contributed by atoms with E-state index in [9.17, 15) is 40.4 Å². The number of anilines is 1. The molecule has 41 heavy (non-hydrogen) atoms. The minimum Gasteiger partial charge on any atom is -0.491 e. The molecule has 2 aromatic carbocycles. The van der Waals surface area contributed by atoms with Gasteiger partial charge in [0.15, 0.2) is 0 Å². The molecular formula is C26H19ClF5N3O5S. The molecule has 15 heteroatoms. The summed E-state index contributed by atoms with van der Waals surface area (Å²) in [7, 11) is -4.74. The van der Waals surface area contributed by atoms with E-state index in [2.05, 4.69) is 4.98 Å². The Balaban J connectivity index is 1.93. The van der Waals surface area contributed by atoms with Gasteiger partial charge in [0.1, 0.15) is 16.3 Å². The first kappa shape index (κ1) is 30.0. The van der Waals surface area contributed by atoms with Gasteiger partial charge in [-0.25, -0.2) is 17.2 Å². The van der Waals surface area contributed by atoms with Crippen molar-refractivity contribution >= 4 is 33.3 Å². The summed E-state index contributed by atoms with van der Waals surface area (Å²) < 4.78 is 104. The lowest BCUT2D eigenvalue weighted by Gasteiger charge is -2.26. The smallest absolute Gasteiger partial charge is 0.433 e. The minimum absolute atomic E-state index is 0.206. The van der Waals surface area contributed by atoms with Crippen LogP contribution in [0.15, 0.2) is 53.6 Å². The maximum Gasteiger partial charge on any atom is 0.433 e. The number of nitriles is 1. The van der Waals surface area contributed by atoms with Crippen LogP contribution in [0, 0.1) is 11.3 Å². The second-order valence-corrected chi connectivity index (χ2v) is 11.1. The fourth-order valence-electron chi connectivity index (χ4n) is 4.29. The van der Waals surface area contributed by atoms with E-state index in [-0.39, 0.29) is 34.8 Å². The number of aliphatic carboxylic acids is 1. The number of rotatable bonds is 7. The Morgan fingerprint density at radius 3 is 2.56 bits per heavy atom. The average Bonchev–Trinajstić information content (AvgIpc) is 3.03. The lowest BCUT2D eigenvalue weighted by molar-refractivity contribution is -0.141. The van der Waals surface area contributed by atoms with E-state index in [0.717, 1.165) is 22.5 Å². The Kier molecular flexibility index (Phi) is 8.15. The first-order valence-corrected chi connectivity index (χ1v) is 13.6. The molecule has 4 rings (SSSR count).